The lowest BCUT2D eigenvalue weighted by Crippen LogP contribution is -2.54. The Morgan fingerprint density at radius 3 is 2.56 bits per heavy atom. The quantitative estimate of drug-likeness (QED) is 0.358. The maximum Gasteiger partial charge on any atom is 0.416 e. The van der Waals surface area contributed by atoms with Crippen molar-refractivity contribution in [2.75, 3.05) is 18.9 Å². The Kier molecular flexibility index (Phi) is 9.76. The molecule has 1 aromatic carbocycles. The third-order valence-corrected chi connectivity index (χ3v) is 12.5. The molecule has 1 aliphatic heterocycles. The summed E-state index contributed by atoms with van der Waals surface area (Å²) in [6, 6.07) is 2.90. The number of halogens is 3. The summed E-state index contributed by atoms with van der Waals surface area (Å²) in [6.07, 6.45) is 1.51. The molecule has 0 bridgehead atoms. The molecule has 1 aromatic heterocycles. The van der Waals surface area contributed by atoms with Crippen LogP contribution in [0.25, 0.3) is 10.6 Å². The zero-order valence-electron chi connectivity index (χ0n) is 27.4. The van der Waals surface area contributed by atoms with Crippen LogP contribution in [0, 0.1) is 24.7 Å². The first-order valence-corrected chi connectivity index (χ1v) is 18.8. The number of nitrogens with zero attached hydrogens (tertiary/aromatic N) is 2. The normalized spacial score (nSPS) is 28.1. The Bertz CT molecular complexity index is 1830. The number of hydrogen-bond acceptors (Lipinski definition) is 9. The molecule has 0 spiro atoms. The predicted molar refractivity (Wildman–Crippen MR) is 177 cm³/mol. The summed E-state index contributed by atoms with van der Waals surface area (Å²) < 4.78 is 73.9. The summed E-state index contributed by atoms with van der Waals surface area (Å²) in [7, 11) is -2.29. The Balaban J connectivity index is 1.22. The number of carbonyl (C=O) groups is 4. The smallest absolute Gasteiger partial charge is 0.416 e. The number of amides is 4. The summed E-state index contributed by atoms with van der Waals surface area (Å²) in [5.41, 5.74) is -2.43. The summed E-state index contributed by atoms with van der Waals surface area (Å²) in [5.74, 6) is -4.28. The average molecular weight is 738 g/mol. The molecule has 6 rings (SSSR count). The van der Waals surface area contributed by atoms with E-state index in [0.717, 1.165) is 23.4 Å². The van der Waals surface area contributed by atoms with E-state index in [1.54, 1.807) is 20.2 Å². The molecule has 5 atom stereocenters. The summed E-state index contributed by atoms with van der Waals surface area (Å²) in [4.78, 5) is 60.8. The van der Waals surface area contributed by atoms with Crippen LogP contribution in [0.2, 0.25) is 0 Å². The predicted octanol–water partition coefficient (Wildman–Crippen LogP) is 4.76. The van der Waals surface area contributed by atoms with Crippen molar-refractivity contribution in [2.45, 2.75) is 81.4 Å². The van der Waals surface area contributed by atoms with Gasteiger partial charge in [-0.3, -0.25) is 24.4 Å². The minimum Gasteiger partial charge on any atom is -0.446 e. The molecule has 2 heterocycles. The van der Waals surface area contributed by atoms with Gasteiger partial charge in [0.2, 0.25) is 21.8 Å². The lowest BCUT2D eigenvalue weighted by atomic mass is 9.93. The van der Waals surface area contributed by atoms with E-state index in [1.165, 1.54) is 22.3 Å². The fraction of sp³-hybridized carbons (Fsp3) is 0.545. The fourth-order valence-electron chi connectivity index (χ4n) is 6.67. The molecule has 17 heteroatoms. The highest BCUT2D eigenvalue weighted by molar-refractivity contribution is 7.91. The van der Waals surface area contributed by atoms with Gasteiger partial charge in [0.1, 0.15) is 16.7 Å². The third kappa shape index (κ3) is 7.67. The molecule has 2 aromatic rings. The minimum absolute atomic E-state index is 0.0472. The Morgan fingerprint density at radius 1 is 1.14 bits per heavy atom. The van der Waals surface area contributed by atoms with Gasteiger partial charge in [-0.15, -0.1) is 11.3 Å². The van der Waals surface area contributed by atoms with Crippen molar-refractivity contribution in [3.05, 3.63) is 47.0 Å². The topological polar surface area (TPSA) is 164 Å². The number of ether oxygens (including phenoxy) is 1. The number of alkyl halides is 3. The molecule has 270 valence electrons. The molecule has 3 N–H and O–H groups in total. The van der Waals surface area contributed by atoms with Crippen molar-refractivity contribution in [3.8, 4) is 10.6 Å². The van der Waals surface area contributed by atoms with Crippen molar-refractivity contribution in [2.24, 2.45) is 17.8 Å². The number of benzene rings is 1. The Hall–Kier alpha value is -3.99. The van der Waals surface area contributed by atoms with E-state index in [1.807, 2.05) is 12.2 Å². The van der Waals surface area contributed by atoms with E-state index in [0.29, 0.717) is 37.2 Å². The maximum atomic E-state index is 13.9. The maximum absolute atomic E-state index is 13.9. The van der Waals surface area contributed by atoms with Crippen LogP contribution < -0.4 is 15.4 Å². The Labute approximate surface area is 291 Å². The van der Waals surface area contributed by atoms with Crippen molar-refractivity contribution in [1.82, 2.24) is 19.9 Å². The van der Waals surface area contributed by atoms with Crippen LogP contribution in [-0.2, 0) is 35.3 Å². The Morgan fingerprint density at radius 2 is 1.88 bits per heavy atom. The first kappa shape index (κ1) is 35.8. The van der Waals surface area contributed by atoms with Gasteiger partial charge >= 0.3 is 12.3 Å². The van der Waals surface area contributed by atoms with Crippen molar-refractivity contribution in [3.63, 3.8) is 0 Å². The number of nitrogens with one attached hydrogen (secondary N) is 3. The van der Waals surface area contributed by atoms with Crippen LogP contribution in [0.4, 0.5) is 23.7 Å². The van der Waals surface area contributed by atoms with E-state index in [9.17, 15) is 40.8 Å². The second kappa shape index (κ2) is 13.6. The number of fused-ring (bicyclic) bond motifs is 2. The largest absolute Gasteiger partial charge is 0.446 e. The zero-order chi connectivity index (χ0) is 36.0. The van der Waals surface area contributed by atoms with Crippen molar-refractivity contribution >= 4 is 50.9 Å². The number of carbonyl (C=O) groups excluding carboxylic acids is 4. The lowest BCUT2D eigenvalue weighted by molar-refractivity contribution is -0.140. The molecular weight excluding hydrogens is 700 g/mol. The molecule has 4 aliphatic rings. The third-order valence-electron chi connectivity index (χ3n) is 9.71. The van der Waals surface area contributed by atoms with E-state index < -0.39 is 74.3 Å². The molecular formula is C33H38F3N5O7S2. The van der Waals surface area contributed by atoms with Gasteiger partial charge in [-0.2, -0.15) is 13.2 Å². The average Bonchev–Trinajstić information content (AvgIpc) is 3.93. The van der Waals surface area contributed by atoms with Crippen molar-refractivity contribution < 1.29 is 45.5 Å². The van der Waals surface area contributed by atoms with E-state index in [4.69, 9.17) is 4.74 Å². The number of allylic oxidation sites excluding steroid dienone is 1. The summed E-state index contributed by atoms with van der Waals surface area (Å²) in [5, 5.41) is 4.91. The molecule has 3 aliphatic carbocycles. The van der Waals surface area contributed by atoms with Gasteiger partial charge in [0.05, 0.1) is 28.3 Å². The first-order valence-electron chi connectivity index (χ1n) is 16.5. The highest BCUT2D eigenvalue weighted by Gasteiger charge is 2.62. The standard InChI is InChI=1S/C33H38F3N5O7S2/c1-18-17-37-28(49-18)23-11-8-19(33(34,35)36)13-26(23)38-31(45)48-21-14-24-25(15-21)29(43)41(2)12-6-4-3-5-7-20-16-32(20,39-27(24)42)30(44)40-50(46,47)22-9-10-22/h5,7-8,11,13,17,20-22,24-25H,3-4,6,9-10,12,14-16H2,1-2H3,(H,38,45)(H,39,42)(H,40,44)/b7-5-/t20-,21+,24+,25+,32+/m0/s1. The molecule has 50 heavy (non-hydrogen) atoms. The number of aromatic nitrogens is 1. The highest BCUT2D eigenvalue weighted by atomic mass is 32.2. The van der Waals surface area contributed by atoms with Crippen LogP contribution >= 0.6 is 11.3 Å². The molecule has 0 unspecified atom stereocenters. The second-order valence-corrected chi connectivity index (χ2v) is 16.7. The van der Waals surface area contributed by atoms with Crippen LogP contribution in [-0.4, -0.2) is 72.6 Å². The van der Waals surface area contributed by atoms with Crippen LogP contribution in [0.1, 0.15) is 61.8 Å². The van der Waals surface area contributed by atoms with Crippen LogP contribution in [0.15, 0.2) is 36.5 Å². The van der Waals surface area contributed by atoms with Crippen LogP contribution in [0.5, 0.6) is 0 Å². The highest BCUT2D eigenvalue weighted by Crippen LogP contribution is 2.47. The first-order chi connectivity index (χ1) is 23.6. The number of thiazole rings is 1. The van der Waals surface area contributed by atoms with Gasteiger partial charge < -0.3 is 15.0 Å². The van der Waals surface area contributed by atoms with E-state index in [-0.39, 0.29) is 36.4 Å². The molecule has 3 saturated carbocycles. The number of sulfonamides is 1. The van der Waals surface area contributed by atoms with Gasteiger partial charge in [0.25, 0.3) is 5.91 Å². The molecule has 0 saturated heterocycles. The number of aryl methyl sites for hydroxylation is 1. The molecule has 4 amide bonds. The van der Waals surface area contributed by atoms with Gasteiger partial charge in [-0.05, 0) is 76.5 Å². The van der Waals surface area contributed by atoms with Gasteiger partial charge in [0.15, 0.2) is 0 Å². The molecule has 12 nitrogen and oxygen atoms in total. The fourth-order valence-corrected chi connectivity index (χ4v) is 8.84. The molecule has 3 fully saturated rings. The molecule has 0 radical (unpaired) electrons. The number of anilines is 1. The minimum atomic E-state index is -4.69. The van der Waals surface area contributed by atoms with Gasteiger partial charge in [-0.25, -0.2) is 18.2 Å². The monoisotopic (exact) mass is 737 g/mol. The van der Waals surface area contributed by atoms with Gasteiger partial charge in [0, 0.05) is 36.1 Å². The summed E-state index contributed by atoms with van der Waals surface area (Å²) in [6.45, 7) is 2.21. The van der Waals surface area contributed by atoms with Crippen molar-refractivity contribution in [1.29, 1.82) is 0 Å². The lowest BCUT2D eigenvalue weighted by Gasteiger charge is -2.26. The zero-order valence-corrected chi connectivity index (χ0v) is 29.1. The number of rotatable bonds is 6. The SMILES string of the molecule is Cc1cnc(-c2ccc(C(F)(F)F)cc2NC(=O)O[C@@H]2C[C@H]3C(=O)N[C@]4(C(=O)NS(=O)(=O)C5CC5)C[C@@H]4/C=C\CCCCN(C)C(=O)[C@@H]3C2)s1. The second-order valence-electron chi connectivity index (χ2n) is 13.5. The van der Waals surface area contributed by atoms with E-state index >= 15 is 0 Å². The van der Waals surface area contributed by atoms with Gasteiger partial charge in [-0.1, -0.05) is 12.2 Å². The number of hydrogen-bond donors (Lipinski definition) is 3. The summed E-state index contributed by atoms with van der Waals surface area (Å²) >= 11 is 1.23. The van der Waals surface area contributed by atoms with Crippen LogP contribution in [0.3, 0.4) is 0 Å². The van der Waals surface area contributed by atoms with E-state index in [2.05, 4.69) is 20.3 Å².